The van der Waals surface area contributed by atoms with Crippen LogP contribution in [0.3, 0.4) is 0 Å². The van der Waals surface area contributed by atoms with Crippen molar-refractivity contribution in [1.82, 2.24) is 15.2 Å². The van der Waals surface area contributed by atoms with Crippen molar-refractivity contribution < 1.29 is 0 Å². The number of aromatic nitrogens is 1. The molecule has 1 aromatic rings. The van der Waals surface area contributed by atoms with Crippen molar-refractivity contribution in [2.75, 3.05) is 44.2 Å². The Morgan fingerprint density at radius 1 is 1.25 bits per heavy atom. The van der Waals surface area contributed by atoms with Crippen LogP contribution < -0.4 is 10.2 Å². The normalized spacial score (nSPS) is 21.9. The van der Waals surface area contributed by atoms with Crippen molar-refractivity contribution in [2.45, 2.75) is 25.8 Å². The lowest BCUT2D eigenvalue weighted by molar-refractivity contribution is 0.222. The number of hydrogen-bond donors (Lipinski definition) is 1. The monoisotopic (exact) mass is 274 g/mol. The van der Waals surface area contributed by atoms with E-state index >= 15 is 0 Å². The van der Waals surface area contributed by atoms with Crippen LogP contribution in [0.25, 0.3) is 0 Å². The Balaban J connectivity index is 1.39. The Morgan fingerprint density at radius 3 is 2.70 bits per heavy atom. The molecule has 0 aromatic carbocycles. The topological polar surface area (TPSA) is 31.4 Å². The summed E-state index contributed by atoms with van der Waals surface area (Å²) in [5.41, 5.74) is 0. The zero-order chi connectivity index (χ0) is 13.8. The maximum Gasteiger partial charge on any atom is 0.128 e. The average molecular weight is 274 g/mol. The van der Waals surface area contributed by atoms with Crippen molar-refractivity contribution in [3.63, 3.8) is 0 Å². The van der Waals surface area contributed by atoms with Crippen LogP contribution in [0.5, 0.6) is 0 Å². The van der Waals surface area contributed by atoms with Crippen molar-refractivity contribution >= 4 is 5.82 Å². The summed E-state index contributed by atoms with van der Waals surface area (Å²) in [5.74, 6) is 1.87. The van der Waals surface area contributed by atoms with Gasteiger partial charge in [0.2, 0.25) is 0 Å². The number of nitrogens with one attached hydrogen (secondary N) is 1. The number of rotatable bonds is 6. The molecule has 0 bridgehead atoms. The molecule has 0 spiro atoms. The van der Waals surface area contributed by atoms with Gasteiger partial charge in [0, 0.05) is 45.0 Å². The summed E-state index contributed by atoms with van der Waals surface area (Å²) in [7, 11) is 0. The molecule has 0 amide bonds. The molecule has 3 rings (SSSR count). The second-order valence-corrected chi connectivity index (χ2v) is 6.26. The third-order valence-electron chi connectivity index (χ3n) is 4.25. The number of pyridine rings is 1. The van der Waals surface area contributed by atoms with Crippen LogP contribution in [0.4, 0.5) is 5.82 Å². The highest BCUT2D eigenvalue weighted by Crippen LogP contribution is 2.19. The van der Waals surface area contributed by atoms with Crippen LogP contribution in [-0.2, 0) is 0 Å². The third-order valence-corrected chi connectivity index (χ3v) is 4.25. The minimum Gasteiger partial charge on any atom is -0.354 e. The minimum atomic E-state index is 0.747. The van der Waals surface area contributed by atoms with E-state index < -0.39 is 0 Å². The predicted molar refractivity (Wildman–Crippen MR) is 83.1 cm³/mol. The van der Waals surface area contributed by atoms with E-state index in [0.717, 1.165) is 44.0 Å². The first-order chi connectivity index (χ1) is 9.81. The van der Waals surface area contributed by atoms with Gasteiger partial charge < -0.3 is 10.2 Å². The van der Waals surface area contributed by atoms with Crippen molar-refractivity contribution in [3.05, 3.63) is 24.4 Å². The van der Waals surface area contributed by atoms with E-state index in [1.165, 1.54) is 25.9 Å². The fourth-order valence-corrected chi connectivity index (χ4v) is 2.86. The predicted octanol–water partition coefficient (Wildman–Crippen LogP) is 1.59. The molecule has 1 N–H and O–H groups in total. The van der Waals surface area contributed by atoms with Crippen LogP contribution in [0, 0.1) is 5.92 Å². The van der Waals surface area contributed by atoms with Gasteiger partial charge in [0.25, 0.3) is 0 Å². The lowest BCUT2D eigenvalue weighted by Gasteiger charge is -2.36. The number of nitrogens with zero attached hydrogens (tertiary/aromatic N) is 3. The Labute approximate surface area is 122 Å². The van der Waals surface area contributed by atoms with Crippen LogP contribution in [0.1, 0.15) is 19.8 Å². The molecule has 110 valence electrons. The van der Waals surface area contributed by atoms with Crippen molar-refractivity contribution in [1.29, 1.82) is 0 Å². The standard InChI is InChI=1S/C16H26N4/c1-14(12-18-15-5-6-15)13-19-8-10-20(11-9-19)16-4-2-3-7-17-16/h2-4,7,14-15,18H,5-6,8-13H2,1H3. The first-order valence-corrected chi connectivity index (χ1v) is 7.93. The van der Waals surface area contributed by atoms with E-state index in [0.29, 0.717) is 0 Å². The molecule has 1 aliphatic carbocycles. The van der Waals surface area contributed by atoms with E-state index in [9.17, 15) is 0 Å². The highest BCUT2D eigenvalue weighted by molar-refractivity contribution is 5.38. The van der Waals surface area contributed by atoms with Gasteiger partial charge in [-0.25, -0.2) is 4.98 Å². The Bertz CT molecular complexity index is 396. The molecular weight excluding hydrogens is 248 g/mol. The third kappa shape index (κ3) is 3.93. The molecule has 1 unspecified atom stereocenters. The largest absolute Gasteiger partial charge is 0.354 e. The Kier molecular flexibility index (Phi) is 4.53. The van der Waals surface area contributed by atoms with Gasteiger partial charge in [0.1, 0.15) is 5.82 Å². The number of anilines is 1. The maximum atomic E-state index is 4.44. The zero-order valence-corrected chi connectivity index (χ0v) is 12.5. The quantitative estimate of drug-likeness (QED) is 0.853. The van der Waals surface area contributed by atoms with Gasteiger partial charge in [-0.1, -0.05) is 13.0 Å². The molecule has 1 aromatic heterocycles. The summed E-state index contributed by atoms with van der Waals surface area (Å²) < 4.78 is 0. The van der Waals surface area contributed by atoms with Crippen molar-refractivity contribution in [2.24, 2.45) is 5.92 Å². The maximum absolute atomic E-state index is 4.44. The van der Waals surface area contributed by atoms with Gasteiger partial charge >= 0.3 is 0 Å². The molecule has 1 aliphatic heterocycles. The first kappa shape index (κ1) is 13.8. The second kappa shape index (κ2) is 6.55. The second-order valence-electron chi connectivity index (χ2n) is 6.26. The first-order valence-electron chi connectivity index (χ1n) is 7.93. The number of piperazine rings is 1. The van der Waals surface area contributed by atoms with Gasteiger partial charge in [-0.3, -0.25) is 4.90 Å². The molecule has 0 radical (unpaired) electrons. The molecule has 1 saturated carbocycles. The smallest absolute Gasteiger partial charge is 0.128 e. The summed E-state index contributed by atoms with van der Waals surface area (Å²) in [6, 6.07) is 6.99. The molecule has 2 heterocycles. The van der Waals surface area contributed by atoms with Crippen LogP contribution in [0.15, 0.2) is 24.4 Å². The molecule has 20 heavy (non-hydrogen) atoms. The minimum absolute atomic E-state index is 0.747. The van der Waals surface area contributed by atoms with Gasteiger partial charge in [-0.15, -0.1) is 0 Å². The summed E-state index contributed by atoms with van der Waals surface area (Å²) in [6.07, 6.45) is 4.65. The lowest BCUT2D eigenvalue weighted by atomic mass is 10.1. The SMILES string of the molecule is CC(CNC1CC1)CN1CCN(c2ccccn2)CC1. The summed E-state index contributed by atoms with van der Waals surface area (Å²) >= 11 is 0. The fourth-order valence-electron chi connectivity index (χ4n) is 2.86. The molecule has 4 nitrogen and oxygen atoms in total. The highest BCUT2D eigenvalue weighted by Gasteiger charge is 2.22. The molecule has 2 fully saturated rings. The van der Waals surface area contributed by atoms with Gasteiger partial charge in [-0.2, -0.15) is 0 Å². The van der Waals surface area contributed by atoms with Gasteiger partial charge in [0.15, 0.2) is 0 Å². The van der Waals surface area contributed by atoms with Crippen molar-refractivity contribution in [3.8, 4) is 0 Å². The summed E-state index contributed by atoms with van der Waals surface area (Å²) in [5, 5.41) is 3.63. The van der Waals surface area contributed by atoms with Crippen LogP contribution in [0.2, 0.25) is 0 Å². The van der Waals surface area contributed by atoms with E-state index in [1.807, 2.05) is 12.3 Å². The molecule has 1 saturated heterocycles. The van der Waals surface area contributed by atoms with E-state index in [-0.39, 0.29) is 0 Å². The van der Waals surface area contributed by atoms with Crippen LogP contribution >= 0.6 is 0 Å². The fraction of sp³-hybridized carbons (Fsp3) is 0.688. The van der Waals surface area contributed by atoms with E-state index in [2.05, 4.69) is 39.2 Å². The van der Waals surface area contributed by atoms with Crippen LogP contribution in [-0.4, -0.2) is 55.2 Å². The zero-order valence-electron chi connectivity index (χ0n) is 12.5. The number of hydrogen-bond acceptors (Lipinski definition) is 4. The van der Waals surface area contributed by atoms with Gasteiger partial charge in [-0.05, 0) is 37.4 Å². The molecule has 1 atom stereocenters. The Morgan fingerprint density at radius 2 is 2.05 bits per heavy atom. The summed E-state index contributed by atoms with van der Waals surface area (Å²) in [6.45, 7) is 9.26. The molecule has 4 heteroatoms. The van der Waals surface area contributed by atoms with E-state index in [4.69, 9.17) is 0 Å². The summed E-state index contributed by atoms with van der Waals surface area (Å²) in [4.78, 5) is 9.43. The molecular formula is C16H26N4. The molecule has 2 aliphatic rings. The Hall–Kier alpha value is -1.13. The highest BCUT2D eigenvalue weighted by atomic mass is 15.3. The lowest BCUT2D eigenvalue weighted by Crippen LogP contribution is -2.48. The van der Waals surface area contributed by atoms with E-state index in [1.54, 1.807) is 0 Å². The van der Waals surface area contributed by atoms with Gasteiger partial charge in [0.05, 0.1) is 0 Å². The average Bonchev–Trinajstić information content (AvgIpc) is 3.31.